The van der Waals surface area contributed by atoms with Crippen molar-refractivity contribution in [3.63, 3.8) is 0 Å². The summed E-state index contributed by atoms with van der Waals surface area (Å²) in [5.41, 5.74) is 3.82. The minimum Gasteiger partial charge on any atom is -0.312 e. The van der Waals surface area contributed by atoms with E-state index in [1.807, 2.05) is 31.2 Å². The smallest absolute Gasteiger partial charge is 0.312 e. The predicted octanol–water partition coefficient (Wildman–Crippen LogP) is 2.68. The van der Waals surface area contributed by atoms with E-state index in [-0.39, 0.29) is 6.03 Å². The number of fused-ring (bicyclic) bond motifs is 1. The first kappa shape index (κ1) is 13.3. The average Bonchev–Trinajstić information content (AvgIpc) is 2.79. The largest absolute Gasteiger partial charge is 0.346 e. The summed E-state index contributed by atoms with van der Waals surface area (Å²) in [4.78, 5) is 12.3. The number of hydrogen-bond acceptors (Lipinski definition) is 3. The third kappa shape index (κ3) is 2.48. The summed E-state index contributed by atoms with van der Waals surface area (Å²) in [5, 5.41) is 10.5. The SMILES string of the molecule is Cc1nn(C(=O)Nc2ccc(Br)cc2)c2c1CNCC2. The van der Waals surface area contributed by atoms with E-state index >= 15 is 0 Å². The molecular weight excluding hydrogens is 320 g/mol. The lowest BCUT2D eigenvalue weighted by atomic mass is 10.1. The number of carbonyl (C=O) groups is 1. The first-order valence-electron chi connectivity index (χ1n) is 6.50. The molecule has 1 amide bonds. The van der Waals surface area contributed by atoms with Gasteiger partial charge in [-0.05, 0) is 31.2 Å². The van der Waals surface area contributed by atoms with Crippen LogP contribution in [0, 0.1) is 6.92 Å². The summed E-state index contributed by atoms with van der Waals surface area (Å²) in [7, 11) is 0. The van der Waals surface area contributed by atoms with Crippen LogP contribution in [0.25, 0.3) is 0 Å². The molecule has 104 valence electrons. The molecule has 2 heterocycles. The molecule has 0 radical (unpaired) electrons. The highest BCUT2D eigenvalue weighted by Gasteiger charge is 2.21. The second kappa shape index (κ2) is 5.38. The Hall–Kier alpha value is -1.66. The maximum absolute atomic E-state index is 12.3. The maximum atomic E-state index is 12.3. The van der Waals surface area contributed by atoms with Crippen molar-refractivity contribution in [1.29, 1.82) is 0 Å². The van der Waals surface area contributed by atoms with E-state index in [2.05, 4.69) is 31.7 Å². The molecule has 1 aromatic carbocycles. The molecule has 2 aromatic rings. The first-order chi connectivity index (χ1) is 9.65. The van der Waals surface area contributed by atoms with Gasteiger partial charge in [0.05, 0.1) is 11.4 Å². The molecule has 0 atom stereocenters. The monoisotopic (exact) mass is 334 g/mol. The van der Waals surface area contributed by atoms with Crippen molar-refractivity contribution in [3.8, 4) is 0 Å². The van der Waals surface area contributed by atoms with Crippen LogP contribution in [0.5, 0.6) is 0 Å². The second-order valence-electron chi connectivity index (χ2n) is 4.79. The van der Waals surface area contributed by atoms with Crippen molar-refractivity contribution in [2.24, 2.45) is 0 Å². The molecular formula is C14H15BrN4O. The molecule has 0 spiro atoms. The standard InChI is InChI=1S/C14H15BrN4O/c1-9-12-8-16-7-6-13(12)19(18-9)14(20)17-11-4-2-10(15)3-5-11/h2-5,16H,6-8H2,1H3,(H,17,20). The number of halogens is 1. The fourth-order valence-corrected chi connectivity index (χ4v) is 2.66. The Morgan fingerprint density at radius 2 is 2.15 bits per heavy atom. The zero-order valence-corrected chi connectivity index (χ0v) is 12.7. The molecule has 1 aromatic heterocycles. The van der Waals surface area contributed by atoms with Gasteiger partial charge in [-0.1, -0.05) is 15.9 Å². The van der Waals surface area contributed by atoms with Gasteiger partial charge in [-0.2, -0.15) is 9.78 Å². The lowest BCUT2D eigenvalue weighted by Crippen LogP contribution is -2.28. The number of aryl methyl sites for hydroxylation is 1. The van der Waals surface area contributed by atoms with Gasteiger partial charge in [-0.15, -0.1) is 0 Å². The number of carbonyl (C=O) groups excluding carboxylic acids is 1. The Bertz CT molecular complexity index is 648. The van der Waals surface area contributed by atoms with Gasteiger partial charge in [0.2, 0.25) is 0 Å². The molecule has 3 rings (SSSR count). The van der Waals surface area contributed by atoms with Gasteiger partial charge in [-0.3, -0.25) is 0 Å². The lowest BCUT2D eigenvalue weighted by molar-refractivity contribution is 0.250. The molecule has 0 aliphatic carbocycles. The number of amides is 1. The topological polar surface area (TPSA) is 59.0 Å². The first-order valence-corrected chi connectivity index (χ1v) is 7.29. The zero-order valence-electron chi connectivity index (χ0n) is 11.1. The molecule has 6 heteroatoms. The van der Waals surface area contributed by atoms with Crippen LogP contribution in [0.2, 0.25) is 0 Å². The highest BCUT2D eigenvalue weighted by molar-refractivity contribution is 9.10. The van der Waals surface area contributed by atoms with Gasteiger partial charge in [0, 0.05) is 35.2 Å². The molecule has 1 aliphatic rings. The summed E-state index contributed by atoms with van der Waals surface area (Å²) in [6, 6.07) is 7.28. The van der Waals surface area contributed by atoms with E-state index in [0.717, 1.165) is 46.6 Å². The van der Waals surface area contributed by atoms with Crippen LogP contribution in [0.4, 0.5) is 10.5 Å². The van der Waals surface area contributed by atoms with E-state index in [9.17, 15) is 4.79 Å². The Morgan fingerprint density at radius 3 is 2.90 bits per heavy atom. The van der Waals surface area contributed by atoms with Crippen molar-refractivity contribution in [3.05, 3.63) is 45.7 Å². The van der Waals surface area contributed by atoms with Crippen molar-refractivity contribution in [1.82, 2.24) is 15.1 Å². The number of nitrogens with one attached hydrogen (secondary N) is 2. The molecule has 0 fully saturated rings. The van der Waals surface area contributed by atoms with Crippen LogP contribution in [-0.2, 0) is 13.0 Å². The fraction of sp³-hybridized carbons (Fsp3) is 0.286. The van der Waals surface area contributed by atoms with Crippen molar-refractivity contribution in [2.45, 2.75) is 19.9 Å². The summed E-state index contributed by atoms with van der Waals surface area (Å²) in [5.74, 6) is 0. The number of aromatic nitrogens is 2. The van der Waals surface area contributed by atoms with E-state index in [1.165, 1.54) is 4.68 Å². The third-order valence-corrected chi connectivity index (χ3v) is 3.95. The lowest BCUT2D eigenvalue weighted by Gasteiger charge is -2.15. The minimum absolute atomic E-state index is 0.210. The van der Waals surface area contributed by atoms with Crippen molar-refractivity contribution in [2.75, 3.05) is 11.9 Å². The third-order valence-electron chi connectivity index (χ3n) is 3.42. The van der Waals surface area contributed by atoms with Gasteiger partial charge in [0.1, 0.15) is 0 Å². The van der Waals surface area contributed by atoms with Gasteiger partial charge >= 0.3 is 6.03 Å². The van der Waals surface area contributed by atoms with Gasteiger partial charge in [0.15, 0.2) is 0 Å². The summed E-state index contributed by atoms with van der Waals surface area (Å²) >= 11 is 3.37. The van der Waals surface area contributed by atoms with Crippen molar-refractivity contribution < 1.29 is 4.79 Å². The molecule has 0 saturated heterocycles. The van der Waals surface area contributed by atoms with Crippen LogP contribution in [0.3, 0.4) is 0 Å². The number of rotatable bonds is 1. The van der Waals surface area contributed by atoms with Crippen LogP contribution >= 0.6 is 15.9 Å². The highest BCUT2D eigenvalue weighted by Crippen LogP contribution is 2.19. The second-order valence-corrected chi connectivity index (χ2v) is 5.70. The predicted molar refractivity (Wildman–Crippen MR) is 80.9 cm³/mol. The zero-order chi connectivity index (χ0) is 14.1. The average molecular weight is 335 g/mol. The normalized spacial score (nSPS) is 13.9. The van der Waals surface area contributed by atoms with Gasteiger partial charge in [-0.25, -0.2) is 4.79 Å². The molecule has 20 heavy (non-hydrogen) atoms. The Labute approximate surface area is 125 Å². The summed E-state index contributed by atoms with van der Waals surface area (Å²) in [6.45, 7) is 3.60. The number of benzene rings is 1. The Morgan fingerprint density at radius 1 is 1.40 bits per heavy atom. The van der Waals surface area contributed by atoms with Crippen LogP contribution in [0.15, 0.2) is 28.7 Å². The van der Waals surface area contributed by atoms with E-state index in [1.54, 1.807) is 0 Å². The molecule has 0 bridgehead atoms. The van der Waals surface area contributed by atoms with Crippen molar-refractivity contribution >= 4 is 27.6 Å². The van der Waals surface area contributed by atoms with E-state index in [4.69, 9.17) is 0 Å². The molecule has 0 unspecified atom stereocenters. The Kier molecular flexibility index (Phi) is 3.58. The Balaban J connectivity index is 1.86. The number of hydrogen-bond donors (Lipinski definition) is 2. The van der Waals surface area contributed by atoms with Crippen LogP contribution < -0.4 is 10.6 Å². The molecule has 1 aliphatic heterocycles. The molecule has 0 saturated carbocycles. The summed E-state index contributed by atoms with van der Waals surface area (Å²) < 4.78 is 2.47. The van der Waals surface area contributed by atoms with Gasteiger partial charge < -0.3 is 10.6 Å². The molecule has 2 N–H and O–H groups in total. The minimum atomic E-state index is -0.210. The quantitative estimate of drug-likeness (QED) is 0.842. The number of nitrogens with zero attached hydrogens (tertiary/aromatic N) is 2. The highest BCUT2D eigenvalue weighted by atomic mass is 79.9. The maximum Gasteiger partial charge on any atom is 0.346 e. The van der Waals surface area contributed by atoms with E-state index in [0.29, 0.717) is 0 Å². The van der Waals surface area contributed by atoms with Crippen LogP contribution in [-0.4, -0.2) is 22.4 Å². The fourth-order valence-electron chi connectivity index (χ4n) is 2.39. The van der Waals surface area contributed by atoms with Gasteiger partial charge in [0.25, 0.3) is 0 Å². The number of anilines is 1. The van der Waals surface area contributed by atoms with Crippen LogP contribution in [0.1, 0.15) is 17.0 Å². The van der Waals surface area contributed by atoms with E-state index < -0.39 is 0 Å². The summed E-state index contributed by atoms with van der Waals surface area (Å²) in [6.07, 6.45) is 0.823. The molecule has 5 nitrogen and oxygen atoms in total.